The SMILES string of the molecule is CCCCCC#Cc1c(N)nc2c(C)cc(Br)cn12. The number of imidazole rings is 1. The number of fused-ring (bicyclic) bond motifs is 1. The Labute approximate surface area is 122 Å². The average molecular weight is 320 g/mol. The quantitative estimate of drug-likeness (QED) is 0.688. The van der Waals surface area contributed by atoms with Gasteiger partial charge in [0.2, 0.25) is 0 Å². The van der Waals surface area contributed by atoms with Crippen molar-refractivity contribution < 1.29 is 0 Å². The molecule has 0 fully saturated rings. The summed E-state index contributed by atoms with van der Waals surface area (Å²) in [4.78, 5) is 4.39. The molecule has 2 N–H and O–H groups in total. The zero-order valence-electron chi connectivity index (χ0n) is 11.3. The molecule has 0 bridgehead atoms. The third kappa shape index (κ3) is 3.10. The maximum absolute atomic E-state index is 5.96. The van der Waals surface area contributed by atoms with Crippen molar-refractivity contribution in [2.75, 3.05) is 5.73 Å². The van der Waals surface area contributed by atoms with Crippen LogP contribution in [-0.2, 0) is 0 Å². The van der Waals surface area contributed by atoms with Crippen molar-refractivity contribution in [1.82, 2.24) is 9.38 Å². The van der Waals surface area contributed by atoms with E-state index in [9.17, 15) is 0 Å². The fraction of sp³-hybridized carbons (Fsp3) is 0.400. The molecule has 2 rings (SSSR count). The molecule has 0 saturated heterocycles. The topological polar surface area (TPSA) is 43.3 Å². The second-order valence-electron chi connectivity index (χ2n) is 4.64. The first-order chi connectivity index (χ1) is 9.13. The maximum Gasteiger partial charge on any atom is 0.159 e. The molecular weight excluding hydrogens is 302 g/mol. The second-order valence-corrected chi connectivity index (χ2v) is 5.56. The minimum Gasteiger partial charge on any atom is -0.381 e. The summed E-state index contributed by atoms with van der Waals surface area (Å²) in [5.41, 5.74) is 8.71. The lowest BCUT2D eigenvalue weighted by Gasteiger charge is -2.00. The zero-order valence-corrected chi connectivity index (χ0v) is 12.9. The van der Waals surface area contributed by atoms with Crippen LogP contribution in [0.25, 0.3) is 5.65 Å². The number of nitrogen functional groups attached to an aromatic ring is 1. The molecule has 0 aromatic carbocycles. The fourth-order valence-electron chi connectivity index (χ4n) is 2.02. The lowest BCUT2D eigenvalue weighted by atomic mass is 10.2. The first kappa shape index (κ1) is 14.0. The Kier molecular flexibility index (Phi) is 4.49. The van der Waals surface area contributed by atoms with Crippen LogP contribution in [0.15, 0.2) is 16.7 Å². The summed E-state index contributed by atoms with van der Waals surface area (Å²) in [7, 11) is 0. The van der Waals surface area contributed by atoms with Crippen molar-refractivity contribution in [1.29, 1.82) is 0 Å². The summed E-state index contributed by atoms with van der Waals surface area (Å²) in [5.74, 6) is 6.85. The van der Waals surface area contributed by atoms with Crippen molar-refractivity contribution in [3.63, 3.8) is 0 Å². The van der Waals surface area contributed by atoms with Crippen LogP contribution in [0.3, 0.4) is 0 Å². The molecule has 19 heavy (non-hydrogen) atoms. The summed E-state index contributed by atoms with van der Waals surface area (Å²) in [5, 5.41) is 0. The minimum atomic E-state index is 0.504. The highest BCUT2D eigenvalue weighted by molar-refractivity contribution is 9.10. The van der Waals surface area contributed by atoms with Crippen molar-refractivity contribution in [3.05, 3.63) is 28.0 Å². The molecule has 0 aliphatic heterocycles. The number of aromatic nitrogens is 2. The number of nitrogens with two attached hydrogens (primary N) is 1. The van der Waals surface area contributed by atoms with Gasteiger partial charge in [-0.3, -0.25) is 4.40 Å². The van der Waals surface area contributed by atoms with E-state index in [1.165, 1.54) is 12.8 Å². The predicted octanol–water partition coefficient (Wildman–Crippen LogP) is 3.92. The molecule has 3 nitrogen and oxygen atoms in total. The van der Waals surface area contributed by atoms with Crippen molar-refractivity contribution in [2.45, 2.75) is 39.5 Å². The van der Waals surface area contributed by atoms with Crippen LogP contribution < -0.4 is 5.73 Å². The molecular formula is C15H18BrN3. The predicted molar refractivity (Wildman–Crippen MR) is 83.1 cm³/mol. The van der Waals surface area contributed by atoms with Gasteiger partial charge in [-0.15, -0.1) is 0 Å². The first-order valence-corrected chi connectivity index (χ1v) is 7.35. The zero-order chi connectivity index (χ0) is 13.8. The lowest BCUT2D eigenvalue weighted by Crippen LogP contribution is -1.93. The number of rotatable bonds is 3. The molecule has 2 aromatic rings. The summed E-state index contributed by atoms with van der Waals surface area (Å²) < 4.78 is 2.96. The maximum atomic E-state index is 5.96. The number of halogens is 1. The number of aryl methyl sites for hydroxylation is 1. The van der Waals surface area contributed by atoms with E-state index < -0.39 is 0 Å². The summed E-state index contributed by atoms with van der Waals surface area (Å²) in [6, 6.07) is 2.03. The Hall–Kier alpha value is -1.47. The van der Waals surface area contributed by atoms with Gasteiger partial charge in [0.15, 0.2) is 5.82 Å². The fourth-order valence-corrected chi connectivity index (χ4v) is 2.57. The van der Waals surface area contributed by atoms with Gasteiger partial charge >= 0.3 is 0 Å². The second kappa shape index (κ2) is 6.12. The van der Waals surface area contributed by atoms with Crippen molar-refractivity contribution >= 4 is 27.4 Å². The van der Waals surface area contributed by atoms with Crippen LogP contribution in [0.1, 0.15) is 43.9 Å². The van der Waals surface area contributed by atoms with Gasteiger partial charge in [-0.1, -0.05) is 25.7 Å². The van der Waals surface area contributed by atoms with E-state index in [0.29, 0.717) is 5.82 Å². The molecule has 2 aromatic heterocycles. The largest absolute Gasteiger partial charge is 0.381 e. The van der Waals surface area contributed by atoms with E-state index in [4.69, 9.17) is 5.73 Å². The Morgan fingerprint density at radius 3 is 2.95 bits per heavy atom. The van der Waals surface area contributed by atoms with Gasteiger partial charge in [-0.05, 0) is 46.8 Å². The van der Waals surface area contributed by atoms with E-state index in [1.807, 2.05) is 23.6 Å². The molecule has 0 aliphatic carbocycles. The number of anilines is 1. The van der Waals surface area contributed by atoms with Crippen molar-refractivity contribution in [2.24, 2.45) is 0 Å². The van der Waals surface area contributed by atoms with E-state index in [-0.39, 0.29) is 0 Å². The van der Waals surface area contributed by atoms with Crippen LogP contribution in [0.2, 0.25) is 0 Å². The van der Waals surface area contributed by atoms with Crippen molar-refractivity contribution in [3.8, 4) is 11.8 Å². The Balaban J connectivity index is 2.35. The van der Waals surface area contributed by atoms with Crippen LogP contribution >= 0.6 is 15.9 Å². The molecule has 0 unspecified atom stereocenters. The minimum absolute atomic E-state index is 0.504. The Morgan fingerprint density at radius 1 is 1.42 bits per heavy atom. The third-order valence-corrected chi connectivity index (χ3v) is 3.44. The Morgan fingerprint density at radius 2 is 2.21 bits per heavy atom. The summed E-state index contributed by atoms with van der Waals surface area (Å²) >= 11 is 3.49. The van der Waals surface area contributed by atoms with Gasteiger partial charge in [-0.25, -0.2) is 4.98 Å². The van der Waals surface area contributed by atoms with E-state index in [0.717, 1.165) is 34.2 Å². The molecule has 0 atom stereocenters. The molecule has 0 amide bonds. The smallest absolute Gasteiger partial charge is 0.159 e. The molecule has 2 heterocycles. The lowest BCUT2D eigenvalue weighted by molar-refractivity contribution is 0.737. The van der Waals surface area contributed by atoms with Crippen LogP contribution in [0.5, 0.6) is 0 Å². The first-order valence-electron chi connectivity index (χ1n) is 6.56. The monoisotopic (exact) mass is 319 g/mol. The molecule has 0 spiro atoms. The number of hydrogen-bond acceptors (Lipinski definition) is 2. The summed E-state index contributed by atoms with van der Waals surface area (Å²) in [6.45, 7) is 4.21. The average Bonchev–Trinajstić information content (AvgIpc) is 2.67. The number of nitrogens with zero attached hydrogens (tertiary/aromatic N) is 2. The van der Waals surface area contributed by atoms with Gasteiger partial charge in [-0.2, -0.15) is 0 Å². The van der Waals surface area contributed by atoms with E-state index >= 15 is 0 Å². The molecule has 0 radical (unpaired) electrons. The standard InChI is InChI=1S/C15H18BrN3/c1-3-4-5-6-7-8-13-14(17)18-15-11(2)9-12(16)10-19(13)15/h9-10H,3-6,17H2,1-2H3. The van der Waals surface area contributed by atoms with Crippen LogP contribution in [0.4, 0.5) is 5.82 Å². The molecule has 100 valence electrons. The highest BCUT2D eigenvalue weighted by Gasteiger charge is 2.09. The number of unbranched alkanes of at least 4 members (excludes halogenated alkanes) is 3. The van der Waals surface area contributed by atoms with Gasteiger partial charge in [0.1, 0.15) is 11.3 Å². The highest BCUT2D eigenvalue weighted by atomic mass is 79.9. The van der Waals surface area contributed by atoms with Gasteiger partial charge in [0, 0.05) is 17.1 Å². The number of pyridine rings is 1. The van der Waals surface area contributed by atoms with Crippen LogP contribution in [0, 0.1) is 18.8 Å². The van der Waals surface area contributed by atoms with Crippen LogP contribution in [-0.4, -0.2) is 9.38 Å². The highest BCUT2D eigenvalue weighted by Crippen LogP contribution is 2.21. The number of hydrogen-bond donors (Lipinski definition) is 1. The molecule has 0 saturated carbocycles. The van der Waals surface area contributed by atoms with Gasteiger partial charge < -0.3 is 5.73 Å². The molecule has 0 aliphatic rings. The van der Waals surface area contributed by atoms with Gasteiger partial charge in [0.25, 0.3) is 0 Å². The normalized spacial score (nSPS) is 10.5. The van der Waals surface area contributed by atoms with Gasteiger partial charge in [0.05, 0.1) is 0 Å². The van der Waals surface area contributed by atoms with E-state index in [1.54, 1.807) is 0 Å². The Bertz CT molecular complexity index is 647. The van der Waals surface area contributed by atoms with E-state index in [2.05, 4.69) is 39.7 Å². The summed E-state index contributed by atoms with van der Waals surface area (Å²) in [6.07, 6.45) is 6.45. The molecule has 4 heteroatoms. The third-order valence-electron chi connectivity index (χ3n) is 3.01.